The van der Waals surface area contributed by atoms with E-state index in [-0.39, 0.29) is 28.8 Å². The van der Waals surface area contributed by atoms with Gasteiger partial charge >= 0.3 is 5.97 Å². The number of amides is 1. The van der Waals surface area contributed by atoms with Gasteiger partial charge in [-0.3, -0.25) is 4.79 Å². The maximum atomic E-state index is 11.9. The van der Waals surface area contributed by atoms with Crippen LogP contribution < -0.4 is 5.32 Å². The first-order valence-corrected chi connectivity index (χ1v) is 6.05. The number of ether oxygens (including phenoxy) is 1. The molecule has 2 N–H and O–H groups in total. The smallest absolute Gasteiger partial charge is 0.326 e. The third-order valence-corrected chi connectivity index (χ3v) is 2.79. The topological polar surface area (TPSA) is 88.5 Å². The molecule has 0 aliphatic carbocycles. The molecule has 0 aliphatic heterocycles. The molecule has 0 aliphatic rings. The van der Waals surface area contributed by atoms with Gasteiger partial charge in [0, 0.05) is 26.3 Å². The normalized spacial score (nSPS) is 11.9. The predicted molar refractivity (Wildman–Crippen MR) is 69.6 cm³/mol. The van der Waals surface area contributed by atoms with Crippen molar-refractivity contribution in [1.29, 1.82) is 0 Å². The summed E-state index contributed by atoms with van der Waals surface area (Å²) < 4.78 is 4.78. The lowest BCUT2D eigenvalue weighted by atomic mass is 10.2. The van der Waals surface area contributed by atoms with Gasteiger partial charge in [-0.1, -0.05) is 23.2 Å². The molecule has 0 bridgehead atoms. The zero-order chi connectivity index (χ0) is 14.4. The zero-order valence-corrected chi connectivity index (χ0v) is 11.5. The Morgan fingerprint density at radius 3 is 2.79 bits per heavy atom. The summed E-state index contributed by atoms with van der Waals surface area (Å²) in [6.07, 6.45) is 1.37. The Bertz CT molecular complexity index is 482. The van der Waals surface area contributed by atoms with Crippen molar-refractivity contribution in [1.82, 2.24) is 10.3 Å². The number of aromatic nitrogens is 1. The second-order valence-corrected chi connectivity index (χ2v) is 4.43. The highest BCUT2D eigenvalue weighted by Crippen LogP contribution is 2.18. The van der Waals surface area contributed by atoms with Crippen LogP contribution >= 0.6 is 23.2 Å². The second-order valence-electron chi connectivity index (χ2n) is 3.63. The fourth-order valence-electron chi connectivity index (χ4n) is 1.32. The standard InChI is InChI=1S/C11H12Cl2N2O4/c1-19-3-2-8(11(17)18)15-10(16)6-4-9(13)14-5-7(6)12/h4-5,8H,2-3H2,1H3,(H,15,16)(H,17,18). The lowest BCUT2D eigenvalue weighted by Gasteiger charge is -2.14. The molecule has 1 aromatic rings. The van der Waals surface area contributed by atoms with E-state index in [0.29, 0.717) is 0 Å². The van der Waals surface area contributed by atoms with Crippen LogP contribution in [0.5, 0.6) is 0 Å². The Labute approximate surface area is 119 Å². The van der Waals surface area contributed by atoms with E-state index >= 15 is 0 Å². The van der Waals surface area contributed by atoms with Crippen molar-refractivity contribution in [2.75, 3.05) is 13.7 Å². The maximum absolute atomic E-state index is 11.9. The number of methoxy groups -OCH3 is 1. The molecular formula is C11H12Cl2N2O4. The fourth-order valence-corrected chi connectivity index (χ4v) is 1.66. The second kappa shape index (κ2) is 7.28. The number of carbonyl (C=O) groups is 2. The van der Waals surface area contributed by atoms with Gasteiger partial charge in [-0.15, -0.1) is 0 Å². The van der Waals surface area contributed by atoms with Crippen LogP contribution in [0.2, 0.25) is 10.2 Å². The Kier molecular flexibility index (Phi) is 6.01. The Morgan fingerprint density at radius 1 is 1.53 bits per heavy atom. The van der Waals surface area contributed by atoms with Crippen molar-refractivity contribution in [2.45, 2.75) is 12.5 Å². The third kappa shape index (κ3) is 4.66. The molecular weight excluding hydrogens is 295 g/mol. The summed E-state index contributed by atoms with van der Waals surface area (Å²) in [5.74, 6) is -1.78. The fraction of sp³-hybridized carbons (Fsp3) is 0.364. The van der Waals surface area contributed by atoms with E-state index in [2.05, 4.69) is 10.3 Å². The summed E-state index contributed by atoms with van der Waals surface area (Å²) in [6, 6.07) is 0.213. The maximum Gasteiger partial charge on any atom is 0.326 e. The number of carboxylic acid groups (broad SMARTS) is 1. The van der Waals surface area contributed by atoms with E-state index in [9.17, 15) is 9.59 Å². The van der Waals surface area contributed by atoms with Crippen molar-refractivity contribution in [3.05, 3.63) is 28.0 Å². The molecule has 0 spiro atoms. The van der Waals surface area contributed by atoms with Gasteiger partial charge < -0.3 is 15.2 Å². The monoisotopic (exact) mass is 306 g/mol. The first-order chi connectivity index (χ1) is 8.95. The quantitative estimate of drug-likeness (QED) is 0.779. The van der Waals surface area contributed by atoms with Gasteiger partial charge in [-0.2, -0.15) is 0 Å². The number of nitrogens with zero attached hydrogens (tertiary/aromatic N) is 1. The van der Waals surface area contributed by atoms with Crippen LogP contribution in [0.15, 0.2) is 12.3 Å². The van der Waals surface area contributed by atoms with Gasteiger partial charge in [-0.25, -0.2) is 9.78 Å². The lowest BCUT2D eigenvalue weighted by molar-refractivity contribution is -0.139. The minimum Gasteiger partial charge on any atom is -0.480 e. The van der Waals surface area contributed by atoms with Crippen LogP contribution in [-0.2, 0) is 9.53 Å². The Balaban J connectivity index is 2.81. The number of hydrogen-bond donors (Lipinski definition) is 2. The van der Waals surface area contributed by atoms with E-state index in [1.165, 1.54) is 19.4 Å². The highest BCUT2D eigenvalue weighted by Gasteiger charge is 2.21. The van der Waals surface area contributed by atoms with Crippen LogP contribution in [0.25, 0.3) is 0 Å². The number of halogens is 2. The molecule has 19 heavy (non-hydrogen) atoms. The molecule has 1 aromatic heterocycles. The molecule has 0 fully saturated rings. The summed E-state index contributed by atoms with van der Waals surface area (Å²) >= 11 is 11.5. The zero-order valence-electron chi connectivity index (χ0n) is 10.0. The predicted octanol–water partition coefficient (Wildman–Crippen LogP) is 1.61. The van der Waals surface area contributed by atoms with Crippen molar-refractivity contribution in [3.8, 4) is 0 Å². The number of nitrogens with one attached hydrogen (secondary N) is 1. The van der Waals surface area contributed by atoms with E-state index in [0.717, 1.165) is 0 Å². The number of hydrogen-bond acceptors (Lipinski definition) is 4. The average molecular weight is 307 g/mol. The van der Waals surface area contributed by atoms with Crippen LogP contribution in [0.4, 0.5) is 0 Å². The summed E-state index contributed by atoms with van der Waals surface area (Å²) in [4.78, 5) is 26.6. The lowest BCUT2D eigenvalue weighted by Crippen LogP contribution is -2.41. The average Bonchev–Trinajstić information content (AvgIpc) is 2.36. The first kappa shape index (κ1) is 15.7. The molecule has 0 saturated heterocycles. The van der Waals surface area contributed by atoms with Crippen LogP contribution in [0.1, 0.15) is 16.8 Å². The molecule has 1 unspecified atom stereocenters. The molecule has 1 heterocycles. The molecule has 104 valence electrons. The SMILES string of the molecule is COCCC(NC(=O)c1cc(Cl)ncc1Cl)C(=O)O. The van der Waals surface area contributed by atoms with Crippen LogP contribution in [-0.4, -0.2) is 41.7 Å². The van der Waals surface area contributed by atoms with E-state index in [1.54, 1.807) is 0 Å². The van der Waals surface area contributed by atoms with Crippen molar-refractivity contribution >= 4 is 35.1 Å². The van der Waals surface area contributed by atoms with Crippen LogP contribution in [0.3, 0.4) is 0 Å². The van der Waals surface area contributed by atoms with Gasteiger partial charge in [0.15, 0.2) is 0 Å². The summed E-state index contributed by atoms with van der Waals surface area (Å²) in [5, 5.41) is 11.5. The van der Waals surface area contributed by atoms with E-state index in [1.807, 2.05) is 0 Å². The van der Waals surface area contributed by atoms with Gasteiger partial charge in [0.05, 0.1) is 10.6 Å². The first-order valence-electron chi connectivity index (χ1n) is 5.29. The number of aliphatic carboxylic acids is 1. The Morgan fingerprint density at radius 2 is 2.21 bits per heavy atom. The molecule has 6 nitrogen and oxygen atoms in total. The van der Waals surface area contributed by atoms with Gasteiger partial charge in [0.2, 0.25) is 0 Å². The van der Waals surface area contributed by atoms with E-state index in [4.69, 9.17) is 33.0 Å². The molecule has 0 aromatic carbocycles. The molecule has 0 radical (unpaired) electrons. The summed E-state index contributed by atoms with van der Waals surface area (Å²) in [5.41, 5.74) is 0.0744. The van der Waals surface area contributed by atoms with Crippen molar-refractivity contribution in [3.63, 3.8) is 0 Å². The number of rotatable bonds is 6. The molecule has 1 atom stereocenters. The van der Waals surface area contributed by atoms with Gasteiger partial charge in [0.25, 0.3) is 5.91 Å². The largest absolute Gasteiger partial charge is 0.480 e. The molecule has 0 saturated carbocycles. The molecule has 1 rings (SSSR count). The third-order valence-electron chi connectivity index (χ3n) is 2.28. The minimum absolute atomic E-state index is 0.0744. The summed E-state index contributed by atoms with van der Waals surface area (Å²) in [7, 11) is 1.44. The number of pyridine rings is 1. The van der Waals surface area contributed by atoms with Crippen molar-refractivity contribution < 1.29 is 19.4 Å². The number of carboxylic acids is 1. The van der Waals surface area contributed by atoms with Crippen molar-refractivity contribution in [2.24, 2.45) is 0 Å². The highest BCUT2D eigenvalue weighted by molar-refractivity contribution is 6.35. The molecule has 8 heteroatoms. The van der Waals surface area contributed by atoms with Gasteiger partial charge in [-0.05, 0) is 6.07 Å². The summed E-state index contributed by atoms with van der Waals surface area (Å²) in [6.45, 7) is 0.210. The Hall–Kier alpha value is -1.37. The minimum atomic E-state index is -1.15. The highest BCUT2D eigenvalue weighted by atomic mass is 35.5. The van der Waals surface area contributed by atoms with Crippen LogP contribution in [0, 0.1) is 0 Å². The van der Waals surface area contributed by atoms with Gasteiger partial charge in [0.1, 0.15) is 11.2 Å². The number of carbonyl (C=O) groups excluding carboxylic acids is 1. The van der Waals surface area contributed by atoms with E-state index < -0.39 is 17.9 Å². The molecule has 1 amide bonds.